The van der Waals surface area contributed by atoms with E-state index < -0.39 is 25.5 Å². The first-order valence-corrected chi connectivity index (χ1v) is 16.0. The van der Waals surface area contributed by atoms with Crippen LogP contribution in [-0.2, 0) is 24.6 Å². The second kappa shape index (κ2) is 11.5. The Morgan fingerprint density at radius 3 is 2.12 bits per heavy atom. The topological polar surface area (TPSA) is 113 Å². The summed E-state index contributed by atoms with van der Waals surface area (Å²) in [4.78, 5) is 15.8. The minimum absolute atomic E-state index is 0.00315. The molecule has 0 radical (unpaired) electrons. The third kappa shape index (κ3) is 6.83. The van der Waals surface area contributed by atoms with Crippen LogP contribution in [0, 0.1) is 0 Å². The van der Waals surface area contributed by atoms with Crippen molar-refractivity contribution in [3.05, 3.63) is 76.8 Å². The van der Waals surface area contributed by atoms with Crippen LogP contribution in [0.25, 0.3) is 0 Å². The second-order valence-electron chi connectivity index (χ2n) is 10.1. The van der Waals surface area contributed by atoms with Crippen molar-refractivity contribution in [1.82, 2.24) is 4.90 Å². The largest absolute Gasteiger partial charge is 0.444 e. The Bertz CT molecular complexity index is 1630. The zero-order chi connectivity index (χ0) is 29.3. The number of nitrogens with zero attached hydrogens (tertiary/aromatic N) is 2. The van der Waals surface area contributed by atoms with Crippen LogP contribution in [0.4, 0.5) is 16.2 Å². The third-order valence-corrected chi connectivity index (χ3v) is 9.97. The van der Waals surface area contributed by atoms with Crippen molar-refractivity contribution in [3.63, 3.8) is 0 Å². The number of nitrogens with one attached hydrogen (secondary N) is 1. The van der Waals surface area contributed by atoms with Gasteiger partial charge in [0.15, 0.2) is 0 Å². The fraction of sp³-hybridized carbons (Fsp3) is 0.296. The molecule has 1 N–H and O–H groups in total. The van der Waals surface area contributed by atoms with Crippen molar-refractivity contribution in [2.24, 2.45) is 0 Å². The van der Waals surface area contributed by atoms with Crippen LogP contribution in [-0.4, -0.2) is 59.6 Å². The van der Waals surface area contributed by atoms with Crippen LogP contribution in [0.5, 0.6) is 0 Å². The van der Waals surface area contributed by atoms with Gasteiger partial charge >= 0.3 is 6.09 Å². The first kappa shape index (κ1) is 30.0. The van der Waals surface area contributed by atoms with Crippen molar-refractivity contribution in [2.75, 3.05) is 35.8 Å². The number of sulfonamides is 1. The number of piperazine rings is 1. The predicted octanol–water partition coefficient (Wildman–Crippen LogP) is 5.68. The van der Waals surface area contributed by atoms with Crippen LogP contribution in [0.3, 0.4) is 0 Å². The van der Waals surface area contributed by atoms with Gasteiger partial charge in [0.05, 0.1) is 30.4 Å². The SMILES string of the molecule is CC(C)(C)OC(=O)N1CCN(c2cccc(S(=O)(=O)Nc3ccc(S(=O)(=O)c4ccccc4Cl)cc3Cl)c2)CC1. The van der Waals surface area contributed by atoms with Crippen molar-refractivity contribution in [1.29, 1.82) is 0 Å². The third-order valence-electron chi connectivity index (χ3n) is 6.05. The molecule has 1 aliphatic rings. The van der Waals surface area contributed by atoms with Crippen LogP contribution in [0.2, 0.25) is 10.0 Å². The van der Waals surface area contributed by atoms with E-state index in [4.69, 9.17) is 27.9 Å². The Balaban J connectivity index is 1.48. The smallest absolute Gasteiger partial charge is 0.410 e. The molecule has 0 bridgehead atoms. The van der Waals surface area contributed by atoms with Crippen molar-refractivity contribution >= 4 is 60.5 Å². The first-order chi connectivity index (χ1) is 18.7. The van der Waals surface area contributed by atoms with Crippen molar-refractivity contribution in [2.45, 2.75) is 41.1 Å². The van der Waals surface area contributed by atoms with Gasteiger partial charge in [-0.25, -0.2) is 21.6 Å². The zero-order valence-corrected chi connectivity index (χ0v) is 25.2. The molecule has 214 valence electrons. The molecule has 3 aromatic rings. The Labute approximate surface area is 244 Å². The van der Waals surface area contributed by atoms with Gasteiger partial charge in [-0.05, 0) is 69.3 Å². The maximum atomic E-state index is 13.2. The van der Waals surface area contributed by atoms with E-state index in [-0.39, 0.29) is 36.5 Å². The summed E-state index contributed by atoms with van der Waals surface area (Å²) >= 11 is 12.4. The van der Waals surface area contributed by atoms with E-state index >= 15 is 0 Å². The van der Waals surface area contributed by atoms with Gasteiger partial charge < -0.3 is 14.5 Å². The van der Waals surface area contributed by atoms with E-state index in [1.54, 1.807) is 29.2 Å². The fourth-order valence-electron chi connectivity index (χ4n) is 4.06. The summed E-state index contributed by atoms with van der Waals surface area (Å²) in [5.41, 5.74) is 0.118. The van der Waals surface area contributed by atoms with Crippen LogP contribution < -0.4 is 9.62 Å². The molecule has 0 spiro atoms. The summed E-state index contributed by atoms with van der Waals surface area (Å²) in [6.45, 7) is 7.31. The molecule has 1 amide bonds. The normalized spacial score (nSPS) is 14.6. The molecule has 1 heterocycles. The average Bonchev–Trinajstić information content (AvgIpc) is 2.89. The maximum absolute atomic E-state index is 13.2. The number of anilines is 2. The molecule has 40 heavy (non-hydrogen) atoms. The lowest BCUT2D eigenvalue weighted by Crippen LogP contribution is -2.50. The molecule has 0 atom stereocenters. The highest BCUT2D eigenvalue weighted by Gasteiger charge is 2.27. The monoisotopic (exact) mass is 625 g/mol. The minimum atomic E-state index is -4.06. The van der Waals surface area contributed by atoms with E-state index in [0.717, 1.165) is 0 Å². The highest BCUT2D eigenvalue weighted by molar-refractivity contribution is 7.92. The number of hydrogen-bond acceptors (Lipinski definition) is 7. The number of sulfone groups is 1. The molecule has 9 nitrogen and oxygen atoms in total. The Kier molecular flexibility index (Phi) is 8.60. The zero-order valence-electron chi connectivity index (χ0n) is 22.1. The molecule has 0 saturated carbocycles. The number of halogens is 2. The van der Waals surface area contributed by atoms with Gasteiger partial charge in [0.25, 0.3) is 10.0 Å². The van der Waals surface area contributed by atoms with Gasteiger partial charge in [0, 0.05) is 31.9 Å². The number of hydrogen-bond donors (Lipinski definition) is 1. The molecular weight excluding hydrogens is 597 g/mol. The lowest BCUT2D eigenvalue weighted by Gasteiger charge is -2.36. The molecule has 0 aliphatic carbocycles. The summed E-state index contributed by atoms with van der Waals surface area (Å²) < 4.78 is 60.3. The highest BCUT2D eigenvalue weighted by Crippen LogP contribution is 2.33. The summed E-state index contributed by atoms with van der Waals surface area (Å²) in [5, 5.41) is -0.0272. The van der Waals surface area contributed by atoms with E-state index in [0.29, 0.717) is 31.9 Å². The molecule has 4 rings (SSSR count). The Morgan fingerprint density at radius 1 is 0.825 bits per heavy atom. The van der Waals surface area contributed by atoms with E-state index in [2.05, 4.69) is 4.72 Å². The van der Waals surface area contributed by atoms with Gasteiger partial charge in [-0.3, -0.25) is 4.72 Å². The molecule has 0 unspecified atom stereocenters. The quantitative estimate of drug-likeness (QED) is 0.375. The van der Waals surface area contributed by atoms with Gasteiger partial charge in [-0.2, -0.15) is 0 Å². The summed E-state index contributed by atoms with van der Waals surface area (Å²) in [7, 11) is -8.04. The van der Waals surface area contributed by atoms with Gasteiger partial charge in [0.1, 0.15) is 5.60 Å². The number of amides is 1. The van der Waals surface area contributed by atoms with Crippen LogP contribution >= 0.6 is 23.2 Å². The number of ether oxygens (including phenoxy) is 1. The predicted molar refractivity (Wildman–Crippen MR) is 156 cm³/mol. The maximum Gasteiger partial charge on any atom is 0.410 e. The standard InChI is InChI=1S/C27H29Cl2N3O6S2/c1-27(2,3)38-26(33)32-15-13-31(14-16-32)19-7-6-8-21(17-19)40(36,37)30-24-12-11-20(18-23(24)29)39(34,35)25-10-5-4-9-22(25)28/h4-12,17-18,30H,13-16H2,1-3H3. The number of benzene rings is 3. The summed E-state index contributed by atoms with van der Waals surface area (Å²) in [6, 6.07) is 16.2. The Hall–Kier alpha value is -2.99. The number of rotatable bonds is 6. The van der Waals surface area contributed by atoms with Gasteiger partial charge in [0.2, 0.25) is 9.84 Å². The van der Waals surface area contributed by atoms with E-state index in [9.17, 15) is 21.6 Å². The lowest BCUT2D eigenvalue weighted by molar-refractivity contribution is 0.0240. The second-order valence-corrected chi connectivity index (χ2v) is 14.5. The van der Waals surface area contributed by atoms with E-state index in [1.165, 1.54) is 42.5 Å². The molecule has 1 aliphatic heterocycles. The average molecular weight is 627 g/mol. The van der Waals surface area contributed by atoms with Gasteiger partial charge in [-0.1, -0.05) is 41.4 Å². The van der Waals surface area contributed by atoms with Crippen molar-refractivity contribution in [3.8, 4) is 0 Å². The molecule has 0 aromatic heterocycles. The van der Waals surface area contributed by atoms with E-state index in [1.807, 2.05) is 25.7 Å². The highest BCUT2D eigenvalue weighted by atomic mass is 35.5. The molecular formula is C27H29Cl2N3O6S2. The molecule has 1 fully saturated rings. The van der Waals surface area contributed by atoms with Gasteiger partial charge in [-0.15, -0.1) is 0 Å². The van der Waals surface area contributed by atoms with Crippen LogP contribution in [0.15, 0.2) is 81.4 Å². The number of carbonyl (C=O) groups excluding carboxylic acids is 1. The minimum Gasteiger partial charge on any atom is -0.444 e. The molecule has 1 saturated heterocycles. The summed E-state index contributed by atoms with van der Waals surface area (Å²) in [6.07, 6.45) is -0.379. The summed E-state index contributed by atoms with van der Waals surface area (Å²) in [5.74, 6) is 0. The molecule has 3 aromatic carbocycles. The van der Waals surface area contributed by atoms with Crippen molar-refractivity contribution < 1.29 is 26.4 Å². The Morgan fingerprint density at radius 2 is 1.50 bits per heavy atom. The lowest BCUT2D eigenvalue weighted by atomic mass is 10.2. The molecule has 13 heteroatoms. The number of carbonyl (C=O) groups is 1. The van der Waals surface area contributed by atoms with Crippen LogP contribution in [0.1, 0.15) is 20.8 Å². The fourth-order valence-corrected chi connectivity index (χ4v) is 7.32. The first-order valence-electron chi connectivity index (χ1n) is 12.3.